The summed E-state index contributed by atoms with van der Waals surface area (Å²) in [6.45, 7) is 1.30. The van der Waals surface area contributed by atoms with Gasteiger partial charge in [-0.15, -0.1) is 10.2 Å². The van der Waals surface area contributed by atoms with Crippen LogP contribution in [-0.4, -0.2) is 38.6 Å². The van der Waals surface area contributed by atoms with Crippen molar-refractivity contribution < 1.29 is 27.0 Å². The molecule has 0 fully saturated rings. The lowest BCUT2D eigenvalue weighted by molar-refractivity contribution is -0.137. The molecule has 0 aliphatic carbocycles. The molecule has 0 radical (unpaired) electrons. The summed E-state index contributed by atoms with van der Waals surface area (Å²) in [5.41, 5.74) is 0.566. The van der Waals surface area contributed by atoms with Gasteiger partial charge < -0.3 is 9.47 Å². The lowest BCUT2D eigenvalue weighted by Crippen LogP contribution is -2.09. The number of ether oxygens (including phenoxy) is 2. The van der Waals surface area contributed by atoms with E-state index < -0.39 is 17.6 Å². The van der Waals surface area contributed by atoms with Crippen molar-refractivity contribution in [1.82, 2.24) is 24.7 Å². The highest BCUT2D eigenvalue weighted by atomic mass is 19.4. The summed E-state index contributed by atoms with van der Waals surface area (Å²) in [5.74, 6) is -0.396. The second-order valence-corrected chi connectivity index (χ2v) is 6.61. The molecule has 11 heteroatoms. The number of rotatable bonds is 5. The third kappa shape index (κ3) is 4.04. The first kappa shape index (κ1) is 20.7. The van der Waals surface area contributed by atoms with Crippen molar-refractivity contribution in [3.63, 3.8) is 0 Å². The minimum absolute atomic E-state index is 0.0240. The van der Waals surface area contributed by atoms with E-state index in [1.165, 1.54) is 18.6 Å². The average Bonchev–Trinajstić information content (AvgIpc) is 3.15. The highest BCUT2D eigenvalue weighted by molar-refractivity contribution is 5.83. The normalized spacial score (nSPS) is 11.8. The number of alkyl halides is 3. The molecule has 0 aliphatic rings. The predicted octanol–water partition coefficient (Wildman–Crippen LogP) is 4.33. The Bertz CT molecular complexity index is 1240. The van der Waals surface area contributed by atoms with Gasteiger partial charge in [-0.1, -0.05) is 0 Å². The summed E-state index contributed by atoms with van der Waals surface area (Å²) >= 11 is 0. The van der Waals surface area contributed by atoms with Crippen LogP contribution in [0.2, 0.25) is 0 Å². The zero-order valence-corrected chi connectivity index (χ0v) is 16.3. The largest absolute Gasteiger partial charge is 0.467 e. The van der Waals surface area contributed by atoms with Gasteiger partial charge in [0.15, 0.2) is 18.3 Å². The SMILES string of the molecule is COCOc1cc(C(F)(F)F)cc(C)c1-c1cc2ccn(-c3ncc(F)cn3)c2nn1. The van der Waals surface area contributed by atoms with Gasteiger partial charge in [0.25, 0.3) is 0 Å². The zero-order valence-electron chi connectivity index (χ0n) is 16.3. The molecule has 0 spiro atoms. The van der Waals surface area contributed by atoms with E-state index >= 15 is 0 Å². The van der Waals surface area contributed by atoms with Crippen LogP contribution in [0, 0.1) is 12.7 Å². The molecule has 0 unspecified atom stereocenters. The Balaban J connectivity index is 1.82. The zero-order chi connectivity index (χ0) is 22.2. The molecule has 0 aliphatic heterocycles. The molecule has 3 aromatic heterocycles. The Labute approximate surface area is 173 Å². The third-order valence-electron chi connectivity index (χ3n) is 4.47. The maximum Gasteiger partial charge on any atom is 0.416 e. The molecule has 3 heterocycles. The lowest BCUT2D eigenvalue weighted by Gasteiger charge is -2.16. The van der Waals surface area contributed by atoms with Crippen LogP contribution in [0.4, 0.5) is 17.6 Å². The van der Waals surface area contributed by atoms with E-state index in [4.69, 9.17) is 9.47 Å². The van der Waals surface area contributed by atoms with Crippen molar-refractivity contribution in [3.8, 4) is 23.0 Å². The maximum absolute atomic E-state index is 13.2. The molecular weight excluding hydrogens is 418 g/mol. The molecule has 0 N–H and O–H groups in total. The summed E-state index contributed by atoms with van der Waals surface area (Å²) < 4.78 is 64.6. The topological polar surface area (TPSA) is 75.0 Å². The summed E-state index contributed by atoms with van der Waals surface area (Å²) in [5, 5.41) is 8.99. The van der Waals surface area contributed by atoms with E-state index in [1.54, 1.807) is 18.3 Å². The number of aryl methyl sites for hydroxylation is 1. The van der Waals surface area contributed by atoms with Crippen LogP contribution >= 0.6 is 0 Å². The fraction of sp³-hybridized carbons (Fsp3) is 0.200. The van der Waals surface area contributed by atoms with Crippen LogP contribution in [0.5, 0.6) is 5.75 Å². The van der Waals surface area contributed by atoms with Crippen LogP contribution < -0.4 is 4.74 Å². The average molecular weight is 433 g/mol. The molecule has 0 saturated carbocycles. The van der Waals surface area contributed by atoms with Gasteiger partial charge in [0.1, 0.15) is 5.75 Å². The van der Waals surface area contributed by atoms with Crippen molar-refractivity contribution >= 4 is 11.0 Å². The number of nitrogens with zero attached hydrogens (tertiary/aromatic N) is 5. The molecule has 0 saturated heterocycles. The van der Waals surface area contributed by atoms with Gasteiger partial charge in [-0.05, 0) is 36.8 Å². The van der Waals surface area contributed by atoms with Crippen molar-refractivity contribution in [1.29, 1.82) is 0 Å². The highest BCUT2D eigenvalue weighted by Gasteiger charge is 2.32. The monoisotopic (exact) mass is 433 g/mol. The van der Waals surface area contributed by atoms with Crippen molar-refractivity contribution in [3.05, 3.63) is 59.8 Å². The van der Waals surface area contributed by atoms with E-state index in [0.29, 0.717) is 27.9 Å². The molecular formula is C20H15F4N5O2. The molecule has 4 aromatic rings. The number of methoxy groups -OCH3 is 1. The first-order chi connectivity index (χ1) is 14.8. The fourth-order valence-corrected chi connectivity index (χ4v) is 3.13. The van der Waals surface area contributed by atoms with Gasteiger partial charge in [0.05, 0.1) is 23.7 Å². The number of halogens is 4. The van der Waals surface area contributed by atoms with Gasteiger partial charge in [-0.2, -0.15) is 13.2 Å². The van der Waals surface area contributed by atoms with Gasteiger partial charge in [-0.25, -0.2) is 14.4 Å². The fourth-order valence-electron chi connectivity index (χ4n) is 3.13. The summed E-state index contributed by atoms with van der Waals surface area (Å²) in [6.07, 6.45) is -0.837. The molecule has 0 bridgehead atoms. The minimum Gasteiger partial charge on any atom is -0.467 e. The Morgan fingerprint density at radius 1 is 1.06 bits per heavy atom. The smallest absolute Gasteiger partial charge is 0.416 e. The molecule has 7 nitrogen and oxygen atoms in total. The molecule has 160 valence electrons. The van der Waals surface area contributed by atoms with E-state index in [-0.39, 0.29) is 18.5 Å². The molecule has 31 heavy (non-hydrogen) atoms. The van der Waals surface area contributed by atoms with Crippen molar-refractivity contribution in [2.24, 2.45) is 0 Å². The van der Waals surface area contributed by atoms with E-state index in [1.807, 2.05) is 0 Å². The minimum atomic E-state index is -4.53. The van der Waals surface area contributed by atoms with Gasteiger partial charge in [-0.3, -0.25) is 4.57 Å². The lowest BCUT2D eigenvalue weighted by atomic mass is 10.00. The van der Waals surface area contributed by atoms with Crippen LogP contribution in [-0.2, 0) is 10.9 Å². The number of aromatic nitrogens is 5. The third-order valence-corrected chi connectivity index (χ3v) is 4.47. The number of benzene rings is 1. The first-order valence-electron chi connectivity index (χ1n) is 8.94. The molecule has 0 atom stereocenters. The highest BCUT2D eigenvalue weighted by Crippen LogP contribution is 2.39. The summed E-state index contributed by atoms with van der Waals surface area (Å²) in [7, 11) is 1.37. The quantitative estimate of drug-likeness (QED) is 0.345. The van der Waals surface area contributed by atoms with Crippen molar-refractivity contribution in [2.75, 3.05) is 13.9 Å². The number of hydrogen-bond acceptors (Lipinski definition) is 6. The number of fused-ring (bicyclic) bond motifs is 1. The second-order valence-electron chi connectivity index (χ2n) is 6.61. The Morgan fingerprint density at radius 2 is 1.81 bits per heavy atom. The summed E-state index contributed by atoms with van der Waals surface area (Å²) in [6, 6.07) is 5.32. The standard InChI is InChI=1S/C20H15F4N5O2/c1-11-5-13(20(22,23)24)7-16(31-10-30-2)17(11)15-6-12-3-4-29(18(12)28-27-15)19-25-8-14(21)9-26-19/h3-9H,10H2,1-2H3. The van der Waals surface area contributed by atoms with E-state index in [9.17, 15) is 17.6 Å². The molecule has 4 rings (SSSR count). The summed E-state index contributed by atoms with van der Waals surface area (Å²) in [4.78, 5) is 7.83. The van der Waals surface area contributed by atoms with Crippen LogP contribution in [0.3, 0.4) is 0 Å². The Hall–Kier alpha value is -3.60. The van der Waals surface area contributed by atoms with Gasteiger partial charge >= 0.3 is 6.18 Å². The van der Waals surface area contributed by atoms with Crippen LogP contribution in [0.15, 0.2) is 42.9 Å². The Morgan fingerprint density at radius 3 is 2.48 bits per heavy atom. The second kappa shape index (κ2) is 7.91. The van der Waals surface area contributed by atoms with Crippen molar-refractivity contribution in [2.45, 2.75) is 13.1 Å². The van der Waals surface area contributed by atoms with Gasteiger partial charge in [0, 0.05) is 24.3 Å². The van der Waals surface area contributed by atoms with Gasteiger partial charge in [0.2, 0.25) is 5.95 Å². The van der Waals surface area contributed by atoms with Crippen LogP contribution in [0.25, 0.3) is 28.2 Å². The van der Waals surface area contributed by atoms with E-state index in [0.717, 1.165) is 24.5 Å². The van der Waals surface area contributed by atoms with E-state index in [2.05, 4.69) is 20.2 Å². The maximum atomic E-state index is 13.2. The first-order valence-corrected chi connectivity index (χ1v) is 8.94. The number of hydrogen-bond donors (Lipinski definition) is 0. The predicted molar refractivity (Wildman–Crippen MR) is 102 cm³/mol. The Kier molecular flexibility index (Phi) is 5.27. The van der Waals surface area contributed by atoms with Crippen LogP contribution in [0.1, 0.15) is 11.1 Å². The molecule has 0 amide bonds. The molecule has 1 aromatic carbocycles.